The van der Waals surface area contributed by atoms with Gasteiger partial charge in [-0.3, -0.25) is 19.2 Å². The minimum atomic E-state index is -1.27. The number of hydrogen-bond acceptors (Lipinski definition) is 10. The summed E-state index contributed by atoms with van der Waals surface area (Å²) in [6.45, 7) is 4.43. The van der Waals surface area contributed by atoms with Crippen LogP contribution in [0.4, 0.5) is 0 Å². The van der Waals surface area contributed by atoms with E-state index >= 15 is 0 Å². The average Bonchev–Trinajstić information content (AvgIpc) is 2.91. The summed E-state index contributed by atoms with van der Waals surface area (Å²) in [4.78, 5) is 47.9. The van der Waals surface area contributed by atoms with Crippen molar-refractivity contribution in [1.29, 1.82) is 0 Å². The van der Waals surface area contributed by atoms with Crippen LogP contribution in [0.2, 0.25) is 5.02 Å². The predicted molar refractivity (Wildman–Crippen MR) is 150 cm³/mol. The highest BCUT2D eigenvalue weighted by molar-refractivity contribution is 6.31. The topological polar surface area (TPSA) is 135 Å². The third-order valence-electron chi connectivity index (χ3n) is 6.21. The number of carbonyl (C=O) groups is 4. The molecule has 1 saturated heterocycles. The van der Waals surface area contributed by atoms with Gasteiger partial charge in [0.1, 0.15) is 18.8 Å². The fourth-order valence-corrected chi connectivity index (χ4v) is 4.73. The van der Waals surface area contributed by atoms with Crippen LogP contribution in [0.25, 0.3) is 0 Å². The molecule has 1 aliphatic rings. The molecule has 2 aromatic rings. The van der Waals surface area contributed by atoms with Gasteiger partial charge in [-0.25, -0.2) is 0 Å². The van der Waals surface area contributed by atoms with Gasteiger partial charge in [0.15, 0.2) is 18.3 Å². The molecule has 2 aromatic carbocycles. The molecular formula is C31H33ClO10. The minimum Gasteiger partial charge on any atom is -0.463 e. The van der Waals surface area contributed by atoms with Crippen molar-refractivity contribution in [3.8, 4) is 11.8 Å². The molecular weight excluding hydrogens is 568 g/mol. The smallest absolute Gasteiger partial charge is 0.303 e. The molecule has 0 spiro atoms. The van der Waals surface area contributed by atoms with Gasteiger partial charge < -0.3 is 28.8 Å². The zero-order valence-electron chi connectivity index (χ0n) is 23.8. The van der Waals surface area contributed by atoms with E-state index < -0.39 is 54.4 Å². The molecule has 1 unspecified atom stereocenters. The largest absolute Gasteiger partial charge is 0.463 e. The molecule has 0 amide bonds. The van der Waals surface area contributed by atoms with E-state index in [1.165, 1.54) is 27.7 Å². The maximum absolute atomic E-state index is 12.2. The van der Waals surface area contributed by atoms with Crippen LogP contribution in [0, 0.1) is 11.8 Å². The van der Waals surface area contributed by atoms with Gasteiger partial charge in [0, 0.05) is 44.7 Å². The second kappa shape index (κ2) is 15.4. The normalized spacial score (nSPS) is 21.3. The number of halogens is 1. The molecule has 0 aromatic heterocycles. The molecule has 3 rings (SSSR count). The average molecular weight is 601 g/mol. The Hall–Kier alpha value is -3.91. The summed E-state index contributed by atoms with van der Waals surface area (Å²) in [6.07, 6.45) is -4.95. The zero-order valence-corrected chi connectivity index (χ0v) is 24.5. The van der Waals surface area contributed by atoms with Gasteiger partial charge in [0.05, 0.1) is 6.61 Å². The maximum atomic E-state index is 12.2. The summed E-state index contributed by atoms with van der Waals surface area (Å²) in [5, 5.41) is 9.39. The van der Waals surface area contributed by atoms with Crippen molar-refractivity contribution in [1.82, 2.24) is 0 Å². The lowest BCUT2D eigenvalue weighted by Gasteiger charge is -2.44. The molecule has 0 bridgehead atoms. The highest BCUT2D eigenvalue weighted by atomic mass is 35.5. The van der Waals surface area contributed by atoms with Crippen molar-refractivity contribution in [2.24, 2.45) is 0 Å². The van der Waals surface area contributed by atoms with E-state index in [0.717, 1.165) is 16.7 Å². The van der Waals surface area contributed by atoms with Crippen LogP contribution >= 0.6 is 11.6 Å². The lowest BCUT2D eigenvalue weighted by molar-refractivity contribution is -0.254. The monoisotopic (exact) mass is 600 g/mol. The van der Waals surface area contributed by atoms with Crippen LogP contribution in [-0.4, -0.2) is 66.6 Å². The molecule has 0 saturated carbocycles. The second-order valence-corrected chi connectivity index (χ2v) is 10.0. The number of esters is 4. The first-order valence-corrected chi connectivity index (χ1v) is 13.6. The first-order valence-electron chi connectivity index (χ1n) is 13.3. The summed E-state index contributed by atoms with van der Waals surface area (Å²) in [7, 11) is 0. The third-order valence-corrected chi connectivity index (χ3v) is 6.58. The number of rotatable bonds is 9. The molecule has 11 heteroatoms. The quantitative estimate of drug-likeness (QED) is 0.259. The van der Waals surface area contributed by atoms with Gasteiger partial charge in [0.25, 0.3) is 0 Å². The Kier molecular flexibility index (Phi) is 11.9. The lowest BCUT2D eigenvalue weighted by Crippen LogP contribution is -2.59. The molecule has 1 heterocycles. The highest BCUT2D eigenvalue weighted by Crippen LogP contribution is 2.39. The Bertz CT molecular complexity index is 1340. The van der Waals surface area contributed by atoms with E-state index in [4.69, 9.17) is 40.4 Å². The standard InChI is InChI=1S/C31H33ClO10/c1-18(34)38-17-27-29(39-19(2)35)31(41-21(4)37)30(40-20(3)36)28(42-27)24-12-13-26(32)25(16-24)15-23-10-8-22(9-11-23)7-5-6-14-33/h8-13,16,27-31,33H,6,14-15,17H2,1-4H3/t27-,28+,29-,30+,31?/m1/s1. The lowest BCUT2D eigenvalue weighted by atomic mass is 9.89. The van der Waals surface area contributed by atoms with Crippen LogP contribution in [0.5, 0.6) is 0 Å². The molecule has 42 heavy (non-hydrogen) atoms. The fourth-order valence-electron chi connectivity index (χ4n) is 4.55. The number of aliphatic hydroxyl groups excluding tert-OH is 1. The third kappa shape index (κ3) is 9.31. The molecule has 0 radical (unpaired) electrons. The number of carbonyl (C=O) groups excluding carboxylic acids is 4. The van der Waals surface area contributed by atoms with Crippen LogP contribution in [-0.2, 0) is 49.3 Å². The van der Waals surface area contributed by atoms with Crippen LogP contribution in [0.1, 0.15) is 62.5 Å². The summed E-state index contributed by atoms with van der Waals surface area (Å²) < 4.78 is 28.0. The maximum Gasteiger partial charge on any atom is 0.303 e. The number of aliphatic hydroxyl groups is 1. The Balaban J connectivity index is 2.01. The zero-order chi connectivity index (χ0) is 30.8. The molecule has 10 nitrogen and oxygen atoms in total. The Morgan fingerprint density at radius 1 is 0.857 bits per heavy atom. The minimum absolute atomic E-state index is 0.000520. The summed E-state index contributed by atoms with van der Waals surface area (Å²) in [6, 6.07) is 12.7. The fraction of sp³-hybridized carbons (Fsp3) is 0.419. The van der Waals surface area contributed by atoms with Gasteiger partial charge in [-0.05, 0) is 41.3 Å². The number of benzene rings is 2. The first-order chi connectivity index (χ1) is 20.0. The van der Waals surface area contributed by atoms with Gasteiger partial charge >= 0.3 is 23.9 Å². The molecule has 5 atom stereocenters. The number of hydrogen-bond donors (Lipinski definition) is 1. The molecule has 224 valence electrons. The summed E-state index contributed by atoms with van der Waals surface area (Å²) in [5.74, 6) is 3.18. The Labute approximate surface area is 249 Å². The predicted octanol–water partition coefficient (Wildman–Crippen LogP) is 3.46. The van der Waals surface area contributed by atoms with E-state index in [0.29, 0.717) is 23.4 Å². The van der Waals surface area contributed by atoms with E-state index in [1.54, 1.807) is 18.2 Å². The van der Waals surface area contributed by atoms with Crippen LogP contribution < -0.4 is 0 Å². The van der Waals surface area contributed by atoms with Crippen molar-refractivity contribution in [3.63, 3.8) is 0 Å². The van der Waals surface area contributed by atoms with E-state index in [1.807, 2.05) is 24.3 Å². The van der Waals surface area contributed by atoms with E-state index in [2.05, 4.69) is 11.8 Å². The van der Waals surface area contributed by atoms with Crippen LogP contribution in [0.15, 0.2) is 42.5 Å². The first kappa shape index (κ1) is 32.6. The van der Waals surface area contributed by atoms with Gasteiger partial charge in [0.2, 0.25) is 0 Å². The molecule has 0 aliphatic carbocycles. The van der Waals surface area contributed by atoms with E-state index in [-0.39, 0.29) is 13.2 Å². The SMILES string of the molecule is CC(=O)OC[C@H]1O[C@@H](c2ccc(Cl)c(Cc3ccc(C#CCCO)cc3)c2)[C@H](OC(C)=O)C(OC(C)=O)[C@@H]1OC(C)=O. The molecule has 1 N–H and O–H groups in total. The molecule has 1 fully saturated rings. The Morgan fingerprint density at radius 2 is 1.48 bits per heavy atom. The van der Waals surface area contributed by atoms with Crippen molar-refractivity contribution in [2.45, 2.75) is 71.1 Å². The van der Waals surface area contributed by atoms with Gasteiger partial charge in [-0.2, -0.15) is 0 Å². The van der Waals surface area contributed by atoms with Gasteiger partial charge in [-0.1, -0.05) is 47.7 Å². The van der Waals surface area contributed by atoms with Crippen molar-refractivity contribution < 1.29 is 48.0 Å². The van der Waals surface area contributed by atoms with Crippen molar-refractivity contribution >= 4 is 35.5 Å². The van der Waals surface area contributed by atoms with Crippen molar-refractivity contribution in [2.75, 3.05) is 13.2 Å². The van der Waals surface area contributed by atoms with Crippen LogP contribution in [0.3, 0.4) is 0 Å². The Morgan fingerprint density at radius 3 is 2.07 bits per heavy atom. The summed E-state index contributed by atoms with van der Waals surface area (Å²) >= 11 is 6.56. The highest BCUT2D eigenvalue weighted by Gasteiger charge is 2.52. The van der Waals surface area contributed by atoms with E-state index in [9.17, 15) is 19.2 Å². The van der Waals surface area contributed by atoms with Crippen molar-refractivity contribution in [3.05, 3.63) is 69.7 Å². The summed E-state index contributed by atoms with van der Waals surface area (Å²) in [5.41, 5.74) is 3.03. The van der Waals surface area contributed by atoms with Gasteiger partial charge in [-0.15, -0.1) is 0 Å². The second-order valence-electron chi connectivity index (χ2n) is 9.62. The number of ether oxygens (including phenoxy) is 5. The molecule has 1 aliphatic heterocycles.